The highest BCUT2D eigenvalue weighted by Gasteiger charge is 2.24. The van der Waals surface area contributed by atoms with Gasteiger partial charge in [0.15, 0.2) is 0 Å². The summed E-state index contributed by atoms with van der Waals surface area (Å²) in [7, 11) is 0. The SMILES string of the molecule is CC(C)(C)OC(=O)NC1CC[C@@H](CN)OC1. The van der Waals surface area contributed by atoms with Gasteiger partial charge in [-0.3, -0.25) is 0 Å². The molecule has 5 heteroatoms. The van der Waals surface area contributed by atoms with Gasteiger partial charge in [-0.2, -0.15) is 0 Å². The number of hydrogen-bond donors (Lipinski definition) is 2. The van der Waals surface area contributed by atoms with E-state index in [2.05, 4.69) is 5.32 Å². The number of nitrogens with one attached hydrogen (secondary N) is 1. The van der Waals surface area contributed by atoms with Gasteiger partial charge < -0.3 is 20.5 Å². The van der Waals surface area contributed by atoms with Gasteiger partial charge in [-0.15, -0.1) is 0 Å². The average molecular weight is 230 g/mol. The van der Waals surface area contributed by atoms with Crippen LogP contribution in [0.2, 0.25) is 0 Å². The van der Waals surface area contributed by atoms with Gasteiger partial charge in [-0.05, 0) is 33.6 Å². The summed E-state index contributed by atoms with van der Waals surface area (Å²) in [4.78, 5) is 11.5. The van der Waals surface area contributed by atoms with Crippen molar-refractivity contribution in [3.05, 3.63) is 0 Å². The number of ether oxygens (including phenoxy) is 2. The third-order valence-electron chi connectivity index (χ3n) is 2.35. The largest absolute Gasteiger partial charge is 0.444 e. The number of hydrogen-bond acceptors (Lipinski definition) is 4. The van der Waals surface area contributed by atoms with Gasteiger partial charge in [0.1, 0.15) is 5.60 Å². The van der Waals surface area contributed by atoms with E-state index >= 15 is 0 Å². The summed E-state index contributed by atoms with van der Waals surface area (Å²) in [6.07, 6.45) is 1.53. The molecular weight excluding hydrogens is 208 g/mol. The quantitative estimate of drug-likeness (QED) is 0.742. The second kappa shape index (κ2) is 5.50. The fraction of sp³-hybridized carbons (Fsp3) is 0.909. The first-order valence-electron chi connectivity index (χ1n) is 5.72. The van der Waals surface area contributed by atoms with Crippen LogP contribution in [0.4, 0.5) is 4.79 Å². The molecule has 0 aromatic heterocycles. The molecule has 1 amide bonds. The van der Waals surface area contributed by atoms with Crippen LogP contribution in [-0.2, 0) is 9.47 Å². The predicted octanol–water partition coefficient (Wildman–Crippen LogP) is 1.02. The van der Waals surface area contributed by atoms with Crippen LogP contribution in [0, 0.1) is 0 Å². The van der Waals surface area contributed by atoms with E-state index in [1.165, 1.54) is 0 Å². The van der Waals surface area contributed by atoms with Gasteiger partial charge in [0.25, 0.3) is 0 Å². The predicted molar refractivity (Wildman–Crippen MR) is 61.2 cm³/mol. The third kappa shape index (κ3) is 4.81. The number of nitrogens with two attached hydrogens (primary N) is 1. The lowest BCUT2D eigenvalue weighted by molar-refractivity contribution is -0.00322. The second-order valence-electron chi connectivity index (χ2n) is 5.11. The fourth-order valence-electron chi connectivity index (χ4n) is 1.58. The first-order chi connectivity index (χ1) is 7.40. The molecule has 1 rings (SSSR count). The summed E-state index contributed by atoms with van der Waals surface area (Å²) in [6.45, 7) is 6.58. The van der Waals surface area contributed by atoms with Crippen LogP contribution in [0.15, 0.2) is 0 Å². The van der Waals surface area contributed by atoms with Crippen LogP contribution in [0.5, 0.6) is 0 Å². The topological polar surface area (TPSA) is 73.6 Å². The zero-order chi connectivity index (χ0) is 12.2. The second-order valence-corrected chi connectivity index (χ2v) is 5.11. The number of carbonyl (C=O) groups is 1. The lowest BCUT2D eigenvalue weighted by Gasteiger charge is -2.29. The van der Waals surface area contributed by atoms with Crippen molar-refractivity contribution in [2.45, 2.75) is 51.4 Å². The van der Waals surface area contributed by atoms with Crippen molar-refractivity contribution in [2.75, 3.05) is 13.2 Å². The molecule has 0 bridgehead atoms. The molecule has 0 aromatic carbocycles. The Labute approximate surface area is 96.7 Å². The van der Waals surface area contributed by atoms with E-state index in [0.717, 1.165) is 12.8 Å². The Morgan fingerprint density at radius 2 is 2.19 bits per heavy atom. The van der Waals surface area contributed by atoms with Crippen molar-refractivity contribution in [3.63, 3.8) is 0 Å². The molecule has 0 aliphatic carbocycles. The molecule has 1 heterocycles. The third-order valence-corrected chi connectivity index (χ3v) is 2.35. The summed E-state index contributed by atoms with van der Waals surface area (Å²) in [5.41, 5.74) is 5.04. The molecule has 3 N–H and O–H groups in total. The van der Waals surface area contributed by atoms with Crippen molar-refractivity contribution in [1.29, 1.82) is 0 Å². The zero-order valence-electron chi connectivity index (χ0n) is 10.3. The summed E-state index contributed by atoms with van der Waals surface area (Å²) < 4.78 is 10.6. The monoisotopic (exact) mass is 230 g/mol. The molecule has 94 valence electrons. The summed E-state index contributed by atoms with van der Waals surface area (Å²) in [5, 5.41) is 2.79. The molecule has 5 nitrogen and oxygen atoms in total. The van der Waals surface area contributed by atoms with Crippen molar-refractivity contribution >= 4 is 6.09 Å². The maximum atomic E-state index is 11.5. The van der Waals surface area contributed by atoms with Crippen molar-refractivity contribution in [2.24, 2.45) is 5.73 Å². The molecule has 1 fully saturated rings. The number of alkyl carbamates (subject to hydrolysis) is 1. The zero-order valence-corrected chi connectivity index (χ0v) is 10.3. The highest BCUT2D eigenvalue weighted by Crippen LogP contribution is 2.13. The van der Waals surface area contributed by atoms with Gasteiger partial charge in [-0.1, -0.05) is 0 Å². The summed E-state index contributed by atoms with van der Waals surface area (Å²) in [6, 6.07) is 0.0395. The highest BCUT2D eigenvalue weighted by molar-refractivity contribution is 5.68. The molecule has 16 heavy (non-hydrogen) atoms. The van der Waals surface area contributed by atoms with Crippen molar-refractivity contribution in [1.82, 2.24) is 5.32 Å². The molecule has 1 saturated heterocycles. The lowest BCUT2D eigenvalue weighted by Crippen LogP contribution is -2.46. The maximum Gasteiger partial charge on any atom is 0.407 e. The van der Waals surface area contributed by atoms with E-state index in [1.807, 2.05) is 20.8 Å². The smallest absolute Gasteiger partial charge is 0.407 e. The molecule has 0 aromatic rings. The minimum absolute atomic E-state index is 0.0395. The molecule has 2 atom stereocenters. The molecule has 1 unspecified atom stereocenters. The van der Waals surface area contributed by atoms with E-state index in [-0.39, 0.29) is 18.2 Å². The summed E-state index contributed by atoms with van der Waals surface area (Å²) in [5.74, 6) is 0. The molecule has 0 saturated carbocycles. The number of amides is 1. The van der Waals surface area contributed by atoms with Crippen LogP contribution in [0.25, 0.3) is 0 Å². The van der Waals surface area contributed by atoms with Crippen LogP contribution < -0.4 is 11.1 Å². The van der Waals surface area contributed by atoms with Crippen LogP contribution in [0.3, 0.4) is 0 Å². The van der Waals surface area contributed by atoms with E-state index in [4.69, 9.17) is 15.2 Å². The summed E-state index contributed by atoms with van der Waals surface area (Å²) >= 11 is 0. The Morgan fingerprint density at radius 3 is 2.62 bits per heavy atom. The van der Waals surface area contributed by atoms with Gasteiger partial charge in [0.05, 0.1) is 18.8 Å². The fourth-order valence-corrected chi connectivity index (χ4v) is 1.58. The minimum Gasteiger partial charge on any atom is -0.444 e. The average Bonchev–Trinajstić information content (AvgIpc) is 2.16. The lowest BCUT2D eigenvalue weighted by atomic mass is 10.1. The van der Waals surface area contributed by atoms with Crippen LogP contribution >= 0.6 is 0 Å². The maximum absolute atomic E-state index is 11.5. The normalized spacial score (nSPS) is 26.2. The van der Waals surface area contributed by atoms with Gasteiger partial charge in [-0.25, -0.2) is 4.79 Å². The molecular formula is C11H22N2O3. The first-order valence-corrected chi connectivity index (χ1v) is 5.72. The van der Waals surface area contributed by atoms with Crippen molar-refractivity contribution in [3.8, 4) is 0 Å². The van der Waals surface area contributed by atoms with E-state index in [0.29, 0.717) is 13.2 Å². The van der Waals surface area contributed by atoms with E-state index in [1.54, 1.807) is 0 Å². The first kappa shape index (κ1) is 13.3. The van der Waals surface area contributed by atoms with E-state index in [9.17, 15) is 4.79 Å². The Balaban J connectivity index is 2.26. The molecule has 1 aliphatic rings. The Bertz CT molecular complexity index is 230. The Hall–Kier alpha value is -0.810. The van der Waals surface area contributed by atoms with Crippen molar-refractivity contribution < 1.29 is 14.3 Å². The van der Waals surface area contributed by atoms with E-state index < -0.39 is 5.60 Å². The number of rotatable bonds is 2. The Kier molecular flexibility index (Phi) is 4.56. The molecule has 1 aliphatic heterocycles. The highest BCUT2D eigenvalue weighted by atomic mass is 16.6. The van der Waals surface area contributed by atoms with Crippen LogP contribution in [0.1, 0.15) is 33.6 Å². The van der Waals surface area contributed by atoms with Gasteiger partial charge in [0.2, 0.25) is 0 Å². The number of carbonyl (C=O) groups excluding carboxylic acids is 1. The van der Waals surface area contributed by atoms with Gasteiger partial charge in [0, 0.05) is 6.54 Å². The molecule has 0 radical (unpaired) electrons. The molecule has 0 spiro atoms. The van der Waals surface area contributed by atoms with Crippen LogP contribution in [-0.4, -0.2) is 37.0 Å². The van der Waals surface area contributed by atoms with Gasteiger partial charge >= 0.3 is 6.09 Å². The minimum atomic E-state index is -0.459. The Morgan fingerprint density at radius 1 is 1.50 bits per heavy atom. The standard InChI is InChI=1S/C11H22N2O3/c1-11(2,3)16-10(14)13-8-4-5-9(6-12)15-7-8/h8-9H,4-7,12H2,1-3H3,(H,13,14)/t8?,9-/m0/s1.